The summed E-state index contributed by atoms with van der Waals surface area (Å²) in [7, 11) is -3.21. The highest BCUT2D eigenvalue weighted by Crippen LogP contribution is 2.15. The highest BCUT2D eigenvalue weighted by molar-refractivity contribution is 7.90. The number of aromatic nitrogens is 1. The second-order valence-corrected chi connectivity index (χ2v) is 8.09. The molecule has 0 bridgehead atoms. The number of para-hydroxylation sites is 1. The number of hydrogen-bond acceptors (Lipinski definition) is 4. The average Bonchev–Trinajstić information content (AvgIpc) is 2.36. The molecular weight excluding hydrogens is 355 g/mol. The van der Waals surface area contributed by atoms with Crippen molar-refractivity contribution in [2.45, 2.75) is 32.1 Å². The second-order valence-electron chi connectivity index (χ2n) is 5.98. The number of nitrogens with two attached hydrogens (primary N) is 1. The Hall–Kier alpha value is -0.880. The molecule has 0 aliphatic heterocycles. The van der Waals surface area contributed by atoms with Gasteiger partial charge >= 0.3 is 0 Å². The van der Waals surface area contributed by atoms with E-state index < -0.39 is 9.84 Å². The maximum absolute atomic E-state index is 12.2. The van der Waals surface area contributed by atoms with Crippen molar-refractivity contribution in [2.75, 3.05) is 5.75 Å². The molecule has 0 aliphatic carbocycles. The molecule has 2 aromatic rings. The van der Waals surface area contributed by atoms with Gasteiger partial charge in [-0.15, -0.1) is 24.8 Å². The molecule has 4 nitrogen and oxygen atoms in total. The summed E-state index contributed by atoms with van der Waals surface area (Å²) in [5.41, 5.74) is 7.49. The summed E-state index contributed by atoms with van der Waals surface area (Å²) in [5, 5.41) is 0.955. The molecular formula is C16H24Cl2N2O2S. The molecule has 1 atom stereocenters. The minimum absolute atomic E-state index is 0. The molecule has 2 rings (SSSR count). The third kappa shape index (κ3) is 7.04. The summed E-state index contributed by atoms with van der Waals surface area (Å²) in [5.74, 6) is 0.423. The van der Waals surface area contributed by atoms with Crippen LogP contribution < -0.4 is 5.73 Å². The van der Waals surface area contributed by atoms with Crippen molar-refractivity contribution in [3.63, 3.8) is 0 Å². The Bertz CT molecular complexity index is 721. The van der Waals surface area contributed by atoms with E-state index in [1.54, 1.807) is 6.20 Å². The summed E-state index contributed by atoms with van der Waals surface area (Å²) < 4.78 is 24.4. The minimum atomic E-state index is -3.21. The zero-order valence-corrected chi connectivity index (χ0v) is 15.8. The fraction of sp³-hybridized carbons (Fsp3) is 0.438. The second kappa shape index (κ2) is 9.42. The molecule has 0 amide bonds. The van der Waals surface area contributed by atoms with Crippen LogP contribution in [0.1, 0.15) is 25.8 Å². The number of pyridine rings is 1. The lowest BCUT2D eigenvalue weighted by atomic mass is 10.1. The zero-order chi connectivity index (χ0) is 15.5. The molecule has 23 heavy (non-hydrogen) atoms. The maximum Gasteiger partial charge on any atom is 0.156 e. The smallest absolute Gasteiger partial charge is 0.156 e. The Labute approximate surface area is 150 Å². The molecule has 0 aliphatic rings. The predicted octanol–water partition coefficient (Wildman–Crippen LogP) is 3.37. The minimum Gasteiger partial charge on any atom is -0.327 e. The first-order chi connectivity index (χ1) is 9.85. The van der Waals surface area contributed by atoms with Gasteiger partial charge in [0.25, 0.3) is 0 Å². The van der Waals surface area contributed by atoms with E-state index in [1.807, 2.05) is 44.2 Å². The van der Waals surface area contributed by atoms with Gasteiger partial charge in [0.1, 0.15) is 0 Å². The van der Waals surface area contributed by atoms with Crippen molar-refractivity contribution in [2.24, 2.45) is 11.7 Å². The van der Waals surface area contributed by atoms with Crippen LogP contribution in [0.15, 0.2) is 36.5 Å². The van der Waals surface area contributed by atoms with Gasteiger partial charge in [-0.25, -0.2) is 8.42 Å². The van der Waals surface area contributed by atoms with Gasteiger partial charge in [0.15, 0.2) is 9.84 Å². The molecule has 130 valence electrons. The van der Waals surface area contributed by atoms with Gasteiger partial charge in [0.2, 0.25) is 0 Å². The first-order valence-electron chi connectivity index (χ1n) is 7.15. The number of nitrogens with zero attached hydrogens (tertiary/aromatic N) is 1. The molecule has 2 N–H and O–H groups in total. The van der Waals surface area contributed by atoms with Crippen LogP contribution in [0.5, 0.6) is 0 Å². The molecule has 0 radical (unpaired) electrons. The van der Waals surface area contributed by atoms with Crippen molar-refractivity contribution in [1.82, 2.24) is 4.98 Å². The summed E-state index contributed by atoms with van der Waals surface area (Å²) in [4.78, 5) is 4.30. The van der Waals surface area contributed by atoms with Crippen molar-refractivity contribution < 1.29 is 8.42 Å². The monoisotopic (exact) mass is 378 g/mol. The van der Waals surface area contributed by atoms with Crippen molar-refractivity contribution in [3.05, 3.63) is 42.1 Å². The van der Waals surface area contributed by atoms with E-state index in [1.165, 1.54) is 0 Å². The Morgan fingerprint density at radius 1 is 1.17 bits per heavy atom. The van der Waals surface area contributed by atoms with E-state index >= 15 is 0 Å². The van der Waals surface area contributed by atoms with Gasteiger partial charge in [-0.2, -0.15) is 0 Å². The zero-order valence-electron chi connectivity index (χ0n) is 13.3. The Kier molecular flexibility index (Phi) is 9.06. The highest BCUT2D eigenvalue weighted by Gasteiger charge is 2.18. The third-order valence-electron chi connectivity index (χ3n) is 3.28. The van der Waals surface area contributed by atoms with E-state index in [-0.39, 0.29) is 42.4 Å². The highest BCUT2D eigenvalue weighted by atomic mass is 35.5. The van der Waals surface area contributed by atoms with Gasteiger partial charge < -0.3 is 5.73 Å². The summed E-state index contributed by atoms with van der Waals surface area (Å²) in [6.45, 7) is 4.08. The van der Waals surface area contributed by atoms with Crippen LogP contribution in [0.4, 0.5) is 0 Å². The van der Waals surface area contributed by atoms with Crippen LogP contribution in [-0.2, 0) is 15.6 Å². The van der Waals surface area contributed by atoms with E-state index in [0.717, 1.165) is 17.3 Å². The number of hydrogen-bond donors (Lipinski definition) is 1. The average molecular weight is 379 g/mol. The number of rotatable bonds is 6. The van der Waals surface area contributed by atoms with Crippen molar-refractivity contribution in [1.29, 1.82) is 0 Å². The van der Waals surface area contributed by atoms with Crippen molar-refractivity contribution in [3.8, 4) is 0 Å². The van der Waals surface area contributed by atoms with Gasteiger partial charge in [-0.05, 0) is 30.0 Å². The van der Waals surface area contributed by atoms with Crippen LogP contribution in [0.3, 0.4) is 0 Å². The summed E-state index contributed by atoms with van der Waals surface area (Å²) >= 11 is 0. The predicted molar refractivity (Wildman–Crippen MR) is 101 cm³/mol. The molecule has 0 spiro atoms. The summed E-state index contributed by atoms with van der Waals surface area (Å²) in [6, 6.07) is 9.25. The van der Waals surface area contributed by atoms with Gasteiger partial charge in [0, 0.05) is 17.6 Å². The van der Waals surface area contributed by atoms with Crippen LogP contribution in [0.2, 0.25) is 0 Å². The Balaban J connectivity index is 0.00000242. The molecule has 0 saturated carbocycles. The third-order valence-corrected chi connectivity index (χ3v) is 4.99. The lowest BCUT2D eigenvalue weighted by Gasteiger charge is -2.14. The maximum atomic E-state index is 12.2. The van der Waals surface area contributed by atoms with Gasteiger partial charge in [0.05, 0.1) is 17.0 Å². The number of halogens is 2. The Morgan fingerprint density at radius 2 is 1.83 bits per heavy atom. The molecule has 0 saturated heterocycles. The SMILES string of the molecule is CC(C)CC(N)CS(=O)(=O)Cc1cnc2ccccc2c1.Cl.Cl. The normalized spacial score (nSPS) is 12.5. The van der Waals surface area contributed by atoms with Gasteiger partial charge in [-0.3, -0.25) is 4.98 Å². The van der Waals surface area contributed by atoms with Crippen LogP contribution >= 0.6 is 24.8 Å². The standard InChI is InChI=1S/C16H22N2O2S.2ClH/c1-12(2)7-15(17)11-21(19,20)10-13-8-14-5-3-4-6-16(14)18-9-13;;/h3-6,8-9,12,15H,7,10-11,17H2,1-2H3;2*1H. The van der Waals surface area contributed by atoms with Gasteiger partial charge in [-0.1, -0.05) is 32.0 Å². The molecule has 1 aromatic carbocycles. The van der Waals surface area contributed by atoms with E-state index in [0.29, 0.717) is 11.5 Å². The fourth-order valence-electron chi connectivity index (χ4n) is 2.51. The number of benzene rings is 1. The topological polar surface area (TPSA) is 73.1 Å². The molecule has 1 unspecified atom stereocenters. The first-order valence-corrected chi connectivity index (χ1v) is 8.97. The van der Waals surface area contributed by atoms with E-state index in [2.05, 4.69) is 4.98 Å². The molecule has 7 heteroatoms. The number of sulfone groups is 1. The lowest BCUT2D eigenvalue weighted by molar-refractivity contribution is 0.512. The first kappa shape index (κ1) is 22.1. The van der Waals surface area contributed by atoms with E-state index in [4.69, 9.17) is 5.73 Å². The van der Waals surface area contributed by atoms with Crippen molar-refractivity contribution >= 4 is 45.6 Å². The summed E-state index contributed by atoms with van der Waals surface area (Å²) in [6.07, 6.45) is 2.35. The number of fused-ring (bicyclic) bond motifs is 1. The lowest BCUT2D eigenvalue weighted by Crippen LogP contribution is -2.31. The molecule has 0 fully saturated rings. The largest absolute Gasteiger partial charge is 0.327 e. The van der Waals surface area contributed by atoms with Crippen LogP contribution in [-0.4, -0.2) is 25.2 Å². The quantitative estimate of drug-likeness (QED) is 0.835. The fourth-order valence-corrected chi connectivity index (χ4v) is 4.08. The Morgan fingerprint density at radius 3 is 2.48 bits per heavy atom. The molecule has 1 aromatic heterocycles. The van der Waals surface area contributed by atoms with E-state index in [9.17, 15) is 8.42 Å². The van der Waals surface area contributed by atoms with Crippen LogP contribution in [0, 0.1) is 5.92 Å². The van der Waals surface area contributed by atoms with Crippen LogP contribution in [0.25, 0.3) is 10.9 Å². The molecule has 1 heterocycles.